The van der Waals surface area contributed by atoms with Gasteiger partial charge in [-0.25, -0.2) is 28.4 Å². The standard InChI is InChI=1S/C21H24F2N8O2/c1-11(2)31-20(26-12(3)28-31)14-9-29-4-5-33-16-6-17(25-8-13(16)19(29)27-14)30-10-21(22,23)7-15(30)18(24)32/h6,8-9,11,15H,4-5,7,10H2,1-3H3,(H2,24,32). The number of nitrogens with two attached hydrogens (primary N) is 1. The van der Waals surface area contributed by atoms with Crippen molar-refractivity contribution in [1.29, 1.82) is 0 Å². The molecular weight excluding hydrogens is 434 g/mol. The van der Waals surface area contributed by atoms with E-state index in [1.165, 1.54) is 11.1 Å². The zero-order valence-electron chi connectivity index (χ0n) is 18.5. The van der Waals surface area contributed by atoms with E-state index in [2.05, 4.69) is 15.1 Å². The summed E-state index contributed by atoms with van der Waals surface area (Å²) in [6.07, 6.45) is 2.80. The molecule has 3 aromatic heterocycles. The molecule has 174 valence electrons. The SMILES string of the molecule is Cc1nc(-c2cn3c(n2)-c2cnc(N4CC(F)(F)CC4C(N)=O)cc2OCC3)n(C(C)C)n1. The maximum absolute atomic E-state index is 14.0. The number of ether oxygens (including phenoxy) is 1. The van der Waals surface area contributed by atoms with E-state index < -0.39 is 30.8 Å². The number of aryl methyl sites for hydroxylation is 1. The summed E-state index contributed by atoms with van der Waals surface area (Å²) in [7, 11) is 0. The van der Waals surface area contributed by atoms with Crippen LogP contribution in [0.4, 0.5) is 14.6 Å². The maximum atomic E-state index is 14.0. The number of nitrogens with zero attached hydrogens (tertiary/aromatic N) is 7. The van der Waals surface area contributed by atoms with E-state index in [-0.39, 0.29) is 11.9 Å². The van der Waals surface area contributed by atoms with Crippen molar-refractivity contribution >= 4 is 11.7 Å². The van der Waals surface area contributed by atoms with Crippen LogP contribution in [-0.2, 0) is 11.3 Å². The van der Waals surface area contributed by atoms with Gasteiger partial charge in [0, 0.05) is 30.9 Å². The van der Waals surface area contributed by atoms with Crippen molar-refractivity contribution in [3.63, 3.8) is 0 Å². The zero-order valence-corrected chi connectivity index (χ0v) is 18.5. The fourth-order valence-electron chi connectivity index (χ4n) is 4.31. The number of halogens is 2. The molecule has 0 spiro atoms. The summed E-state index contributed by atoms with van der Waals surface area (Å²) in [6.45, 7) is 6.13. The van der Waals surface area contributed by atoms with Crippen LogP contribution in [0.25, 0.3) is 22.9 Å². The molecule has 5 rings (SSSR count). The first-order valence-electron chi connectivity index (χ1n) is 10.7. The Labute approximate surface area is 188 Å². The molecule has 0 radical (unpaired) electrons. The number of carbonyl (C=O) groups excluding carboxylic acids is 1. The third kappa shape index (κ3) is 3.68. The van der Waals surface area contributed by atoms with Gasteiger partial charge >= 0.3 is 0 Å². The van der Waals surface area contributed by atoms with Gasteiger partial charge in [-0.15, -0.1) is 0 Å². The van der Waals surface area contributed by atoms with Crippen LogP contribution in [-0.4, -0.2) is 60.3 Å². The van der Waals surface area contributed by atoms with Crippen LogP contribution in [0.1, 0.15) is 32.1 Å². The zero-order chi connectivity index (χ0) is 23.5. The average molecular weight is 458 g/mol. The number of primary amides is 1. The van der Waals surface area contributed by atoms with E-state index in [4.69, 9.17) is 15.5 Å². The summed E-state index contributed by atoms with van der Waals surface area (Å²) in [5.74, 6) is -1.21. The van der Waals surface area contributed by atoms with E-state index in [1.807, 2.05) is 36.2 Å². The highest BCUT2D eigenvalue weighted by Crippen LogP contribution is 2.39. The number of hydrogen-bond donors (Lipinski definition) is 1. The number of anilines is 1. The second-order valence-corrected chi connectivity index (χ2v) is 8.66. The number of amides is 1. The largest absolute Gasteiger partial charge is 0.491 e. The number of alkyl halides is 2. The predicted octanol–water partition coefficient (Wildman–Crippen LogP) is 2.18. The first kappa shape index (κ1) is 21.3. The molecule has 1 amide bonds. The van der Waals surface area contributed by atoms with Crippen LogP contribution in [0.3, 0.4) is 0 Å². The third-order valence-electron chi connectivity index (χ3n) is 5.81. The Morgan fingerprint density at radius 2 is 2.09 bits per heavy atom. The molecule has 1 unspecified atom stereocenters. The summed E-state index contributed by atoms with van der Waals surface area (Å²) in [5.41, 5.74) is 6.66. The average Bonchev–Trinajstić information content (AvgIpc) is 3.40. The molecule has 2 N–H and O–H groups in total. The minimum Gasteiger partial charge on any atom is -0.491 e. The Morgan fingerprint density at radius 1 is 1.30 bits per heavy atom. The van der Waals surface area contributed by atoms with Gasteiger partial charge < -0.3 is 19.9 Å². The highest BCUT2D eigenvalue weighted by Gasteiger charge is 2.48. The van der Waals surface area contributed by atoms with Crippen LogP contribution in [0.2, 0.25) is 0 Å². The summed E-state index contributed by atoms with van der Waals surface area (Å²) >= 11 is 0. The van der Waals surface area contributed by atoms with Crippen molar-refractivity contribution in [3.05, 3.63) is 24.3 Å². The minimum absolute atomic E-state index is 0.111. The minimum atomic E-state index is -3.02. The van der Waals surface area contributed by atoms with Gasteiger partial charge in [0.2, 0.25) is 5.91 Å². The van der Waals surface area contributed by atoms with Crippen molar-refractivity contribution in [2.75, 3.05) is 18.1 Å². The van der Waals surface area contributed by atoms with E-state index in [9.17, 15) is 13.6 Å². The number of aromatic nitrogens is 6. The summed E-state index contributed by atoms with van der Waals surface area (Å²) < 4.78 is 37.7. The maximum Gasteiger partial charge on any atom is 0.267 e. The van der Waals surface area contributed by atoms with Crippen LogP contribution in [0.15, 0.2) is 18.5 Å². The van der Waals surface area contributed by atoms with Gasteiger partial charge in [0.1, 0.15) is 41.6 Å². The second kappa shape index (κ2) is 7.49. The Balaban J connectivity index is 1.54. The molecule has 0 saturated carbocycles. The topological polar surface area (TPSA) is 117 Å². The first-order chi connectivity index (χ1) is 15.6. The number of hydrogen-bond acceptors (Lipinski definition) is 7. The van der Waals surface area contributed by atoms with E-state index >= 15 is 0 Å². The number of fused-ring (bicyclic) bond motifs is 3. The van der Waals surface area contributed by atoms with Crippen LogP contribution >= 0.6 is 0 Å². The number of carbonyl (C=O) groups is 1. The van der Waals surface area contributed by atoms with Gasteiger partial charge in [0.25, 0.3) is 5.92 Å². The van der Waals surface area contributed by atoms with Gasteiger partial charge in [-0.3, -0.25) is 4.79 Å². The fourth-order valence-corrected chi connectivity index (χ4v) is 4.31. The summed E-state index contributed by atoms with van der Waals surface area (Å²) in [6, 6.07) is 0.548. The number of imidazole rings is 1. The molecule has 33 heavy (non-hydrogen) atoms. The Bertz CT molecular complexity index is 1240. The molecule has 1 atom stereocenters. The van der Waals surface area contributed by atoms with Crippen molar-refractivity contribution < 1.29 is 18.3 Å². The van der Waals surface area contributed by atoms with Gasteiger partial charge in [-0.1, -0.05) is 0 Å². The van der Waals surface area contributed by atoms with Gasteiger partial charge in [0.05, 0.1) is 18.7 Å². The van der Waals surface area contributed by atoms with E-state index in [0.717, 1.165) is 0 Å². The molecule has 0 bridgehead atoms. The van der Waals surface area contributed by atoms with Crippen molar-refractivity contribution in [3.8, 4) is 28.7 Å². The molecule has 2 aliphatic heterocycles. The highest BCUT2D eigenvalue weighted by atomic mass is 19.3. The lowest BCUT2D eigenvalue weighted by Crippen LogP contribution is -2.40. The highest BCUT2D eigenvalue weighted by molar-refractivity contribution is 5.84. The predicted molar refractivity (Wildman–Crippen MR) is 115 cm³/mol. The summed E-state index contributed by atoms with van der Waals surface area (Å²) in [5, 5.41) is 4.46. The van der Waals surface area contributed by atoms with E-state index in [1.54, 1.807) is 6.07 Å². The lowest BCUT2D eigenvalue weighted by atomic mass is 10.2. The molecule has 10 nitrogen and oxygen atoms in total. The molecule has 2 aliphatic rings. The van der Waals surface area contributed by atoms with Gasteiger partial charge in [-0.2, -0.15) is 5.10 Å². The Morgan fingerprint density at radius 3 is 2.82 bits per heavy atom. The summed E-state index contributed by atoms with van der Waals surface area (Å²) in [4.78, 5) is 26.7. The van der Waals surface area contributed by atoms with E-state index in [0.29, 0.717) is 47.6 Å². The van der Waals surface area contributed by atoms with Crippen LogP contribution < -0.4 is 15.4 Å². The Kier molecular flexibility index (Phi) is 4.83. The van der Waals surface area contributed by atoms with Crippen molar-refractivity contribution in [2.24, 2.45) is 5.73 Å². The smallest absolute Gasteiger partial charge is 0.267 e. The Hall–Kier alpha value is -3.57. The molecule has 5 heterocycles. The quantitative estimate of drug-likeness (QED) is 0.637. The lowest BCUT2D eigenvalue weighted by Gasteiger charge is -2.23. The fraction of sp³-hybridized carbons (Fsp3) is 0.476. The normalized spacial score (nSPS) is 19.2. The second-order valence-electron chi connectivity index (χ2n) is 8.66. The molecule has 0 aliphatic carbocycles. The molecule has 0 aromatic carbocycles. The van der Waals surface area contributed by atoms with Crippen molar-refractivity contribution in [1.82, 2.24) is 29.3 Å². The molecular formula is C21H24F2N8O2. The molecule has 1 fully saturated rings. The lowest BCUT2D eigenvalue weighted by molar-refractivity contribution is -0.119. The molecule has 1 saturated heterocycles. The third-order valence-corrected chi connectivity index (χ3v) is 5.81. The molecule has 12 heteroatoms. The van der Waals surface area contributed by atoms with Crippen LogP contribution in [0.5, 0.6) is 5.75 Å². The first-order valence-corrected chi connectivity index (χ1v) is 10.7. The monoisotopic (exact) mass is 458 g/mol. The number of pyridine rings is 1. The van der Waals surface area contributed by atoms with Crippen molar-refractivity contribution in [2.45, 2.75) is 51.7 Å². The molecule has 3 aromatic rings. The van der Waals surface area contributed by atoms with Gasteiger partial charge in [-0.05, 0) is 20.8 Å². The van der Waals surface area contributed by atoms with Gasteiger partial charge in [0.15, 0.2) is 5.82 Å². The number of rotatable bonds is 4. The van der Waals surface area contributed by atoms with Crippen LogP contribution in [0, 0.1) is 6.92 Å².